The number of unbranched alkanes of at least 4 members (excludes halogenated alkanes) is 12. The van der Waals surface area contributed by atoms with Crippen molar-refractivity contribution in [2.75, 3.05) is 6.61 Å². The van der Waals surface area contributed by atoms with E-state index in [-0.39, 0.29) is 11.5 Å². The number of rotatable bonds is 18. The number of nitrogens with one attached hydrogen (secondary N) is 1. The molecule has 6 heteroatoms. The van der Waals surface area contributed by atoms with Gasteiger partial charge in [-0.15, -0.1) is 0 Å². The molecule has 0 bridgehead atoms. The summed E-state index contributed by atoms with van der Waals surface area (Å²) in [5, 5.41) is 2.52. The van der Waals surface area contributed by atoms with Crippen LogP contribution in [0.25, 0.3) is 0 Å². The molecule has 1 amide bonds. The molecule has 188 valence electrons. The molecular formula is C27H43F2NO3. The molecule has 1 aromatic carbocycles. The number of carbonyl (C=O) groups is 2. The van der Waals surface area contributed by atoms with E-state index in [1.807, 2.05) is 0 Å². The fraction of sp³-hybridized carbons (Fsp3) is 0.704. The Bertz CT molecular complexity index is 694. The largest absolute Gasteiger partial charge is 0.464 e. The summed E-state index contributed by atoms with van der Waals surface area (Å²) in [4.78, 5) is 24.7. The van der Waals surface area contributed by atoms with Crippen LogP contribution in [0.2, 0.25) is 0 Å². The van der Waals surface area contributed by atoms with Gasteiger partial charge in [0.1, 0.15) is 17.7 Å². The quantitative estimate of drug-likeness (QED) is 0.181. The molecule has 0 saturated heterocycles. The normalized spacial score (nSPS) is 12.1. The van der Waals surface area contributed by atoms with E-state index < -0.39 is 29.6 Å². The number of esters is 1. The van der Waals surface area contributed by atoms with Gasteiger partial charge >= 0.3 is 5.97 Å². The molecule has 1 aromatic rings. The van der Waals surface area contributed by atoms with Gasteiger partial charge in [0, 0.05) is 6.07 Å². The maximum Gasteiger partial charge on any atom is 0.328 e. The van der Waals surface area contributed by atoms with E-state index in [4.69, 9.17) is 4.74 Å². The standard InChI is InChI=1S/C27H43F2NO3/c1-4-5-6-7-8-9-10-11-12-13-14-15-16-19-33-27(32)25(21(2)3)30-26(31)23-18-17-22(28)20-24(23)29/h17-18,20-21,25H,4-16,19H2,1-3H3,(H,30,31). The molecule has 0 aliphatic heterocycles. The van der Waals surface area contributed by atoms with Gasteiger partial charge in [0.25, 0.3) is 5.91 Å². The van der Waals surface area contributed by atoms with E-state index in [1.54, 1.807) is 13.8 Å². The van der Waals surface area contributed by atoms with Crippen molar-refractivity contribution in [1.82, 2.24) is 5.32 Å². The fourth-order valence-corrected chi connectivity index (χ4v) is 3.77. The Morgan fingerprint density at radius 2 is 1.36 bits per heavy atom. The third kappa shape index (κ3) is 12.7. The van der Waals surface area contributed by atoms with Gasteiger partial charge in [0.05, 0.1) is 12.2 Å². The SMILES string of the molecule is CCCCCCCCCCCCCCCOC(=O)C(NC(=O)c1ccc(F)cc1F)C(C)C. The maximum atomic E-state index is 13.8. The number of ether oxygens (including phenoxy) is 1. The second kappa shape index (κ2) is 17.5. The molecule has 0 fully saturated rings. The zero-order valence-corrected chi connectivity index (χ0v) is 20.8. The Kier molecular flexibility index (Phi) is 15.4. The number of hydrogen-bond acceptors (Lipinski definition) is 3. The Labute approximate surface area is 198 Å². The molecular weight excluding hydrogens is 424 g/mol. The highest BCUT2D eigenvalue weighted by Gasteiger charge is 2.27. The van der Waals surface area contributed by atoms with Crippen LogP contribution in [-0.2, 0) is 9.53 Å². The van der Waals surface area contributed by atoms with E-state index in [2.05, 4.69) is 12.2 Å². The molecule has 1 N–H and O–H groups in total. The third-order valence-corrected chi connectivity index (χ3v) is 5.88. The van der Waals surface area contributed by atoms with E-state index in [1.165, 1.54) is 64.2 Å². The lowest BCUT2D eigenvalue weighted by atomic mass is 10.0. The second-order valence-corrected chi connectivity index (χ2v) is 9.23. The number of carbonyl (C=O) groups excluding carboxylic acids is 2. The zero-order valence-electron chi connectivity index (χ0n) is 20.8. The van der Waals surface area contributed by atoms with Crippen LogP contribution in [0.15, 0.2) is 18.2 Å². The molecule has 0 aromatic heterocycles. The van der Waals surface area contributed by atoms with Crippen molar-refractivity contribution in [2.24, 2.45) is 5.92 Å². The number of hydrogen-bond donors (Lipinski definition) is 1. The minimum Gasteiger partial charge on any atom is -0.464 e. The molecule has 0 saturated carbocycles. The lowest BCUT2D eigenvalue weighted by molar-refractivity contribution is -0.147. The van der Waals surface area contributed by atoms with Crippen LogP contribution in [0, 0.1) is 17.6 Å². The van der Waals surface area contributed by atoms with Crippen LogP contribution >= 0.6 is 0 Å². The van der Waals surface area contributed by atoms with E-state index >= 15 is 0 Å². The van der Waals surface area contributed by atoms with Crippen molar-refractivity contribution in [3.05, 3.63) is 35.4 Å². The van der Waals surface area contributed by atoms with E-state index in [9.17, 15) is 18.4 Å². The predicted molar refractivity (Wildman–Crippen MR) is 129 cm³/mol. The Hall–Kier alpha value is -1.98. The summed E-state index contributed by atoms with van der Waals surface area (Å²) in [5.41, 5.74) is -0.300. The van der Waals surface area contributed by atoms with Crippen LogP contribution in [-0.4, -0.2) is 24.5 Å². The molecule has 1 atom stereocenters. The minimum absolute atomic E-state index is 0.225. The Morgan fingerprint density at radius 3 is 1.85 bits per heavy atom. The summed E-state index contributed by atoms with van der Waals surface area (Å²) in [5.74, 6) is -3.24. The monoisotopic (exact) mass is 467 g/mol. The van der Waals surface area contributed by atoms with Crippen LogP contribution in [0.3, 0.4) is 0 Å². The second-order valence-electron chi connectivity index (χ2n) is 9.23. The van der Waals surface area contributed by atoms with Gasteiger partial charge in [-0.25, -0.2) is 13.6 Å². The predicted octanol–water partition coefficient (Wildman–Crippen LogP) is 7.35. The summed E-state index contributed by atoms with van der Waals surface area (Å²) in [6.07, 6.45) is 16.1. The number of amides is 1. The number of halogens is 2. The first-order valence-corrected chi connectivity index (χ1v) is 12.8. The molecule has 1 unspecified atom stereocenters. The van der Waals surface area contributed by atoms with Gasteiger partial charge in [0.2, 0.25) is 0 Å². The van der Waals surface area contributed by atoms with E-state index in [0.717, 1.165) is 31.4 Å². The van der Waals surface area contributed by atoms with Crippen molar-refractivity contribution >= 4 is 11.9 Å². The molecule has 4 nitrogen and oxygen atoms in total. The third-order valence-electron chi connectivity index (χ3n) is 5.88. The summed E-state index contributed by atoms with van der Waals surface area (Å²) in [7, 11) is 0. The smallest absolute Gasteiger partial charge is 0.328 e. The van der Waals surface area contributed by atoms with Gasteiger partial charge < -0.3 is 10.1 Å². The Balaban J connectivity index is 2.17. The topological polar surface area (TPSA) is 55.4 Å². The number of benzene rings is 1. The van der Waals surface area contributed by atoms with Gasteiger partial charge in [-0.05, 0) is 24.5 Å². The van der Waals surface area contributed by atoms with Crippen molar-refractivity contribution in [2.45, 2.75) is 110 Å². The van der Waals surface area contributed by atoms with Crippen LogP contribution < -0.4 is 5.32 Å². The average molecular weight is 468 g/mol. The first-order valence-electron chi connectivity index (χ1n) is 12.8. The minimum atomic E-state index is -0.963. The van der Waals surface area contributed by atoms with Crippen LogP contribution in [0.5, 0.6) is 0 Å². The van der Waals surface area contributed by atoms with Crippen molar-refractivity contribution in [1.29, 1.82) is 0 Å². The highest BCUT2D eigenvalue weighted by Crippen LogP contribution is 2.14. The van der Waals surface area contributed by atoms with Gasteiger partial charge in [-0.3, -0.25) is 4.79 Å². The van der Waals surface area contributed by atoms with Gasteiger partial charge in [-0.2, -0.15) is 0 Å². The van der Waals surface area contributed by atoms with Crippen molar-refractivity contribution < 1.29 is 23.1 Å². The van der Waals surface area contributed by atoms with Crippen molar-refractivity contribution in [3.63, 3.8) is 0 Å². The van der Waals surface area contributed by atoms with Gasteiger partial charge in [-0.1, -0.05) is 97.8 Å². The zero-order chi connectivity index (χ0) is 24.5. The molecule has 33 heavy (non-hydrogen) atoms. The highest BCUT2D eigenvalue weighted by molar-refractivity contribution is 5.97. The van der Waals surface area contributed by atoms with Gasteiger partial charge in [0.15, 0.2) is 0 Å². The maximum absolute atomic E-state index is 13.8. The first-order chi connectivity index (χ1) is 15.9. The van der Waals surface area contributed by atoms with E-state index in [0.29, 0.717) is 12.7 Å². The molecule has 0 aliphatic rings. The summed E-state index contributed by atoms with van der Waals surface area (Å²) in [6.45, 7) is 6.10. The van der Waals surface area contributed by atoms with Crippen LogP contribution in [0.1, 0.15) is 115 Å². The molecule has 0 radical (unpaired) electrons. The van der Waals surface area contributed by atoms with Crippen LogP contribution in [0.4, 0.5) is 8.78 Å². The average Bonchev–Trinajstić information content (AvgIpc) is 2.77. The fourth-order valence-electron chi connectivity index (χ4n) is 3.77. The summed E-state index contributed by atoms with van der Waals surface area (Å²) >= 11 is 0. The first kappa shape index (κ1) is 29.1. The molecule has 1 rings (SSSR count). The molecule has 0 heterocycles. The molecule has 0 aliphatic carbocycles. The Morgan fingerprint density at radius 1 is 0.848 bits per heavy atom. The lowest BCUT2D eigenvalue weighted by Crippen LogP contribution is -2.45. The summed E-state index contributed by atoms with van der Waals surface area (Å²) in [6, 6.07) is 1.83. The van der Waals surface area contributed by atoms with Crippen molar-refractivity contribution in [3.8, 4) is 0 Å². The summed E-state index contributed by atoms with van der Waals surface area (Å²) < 4.78 is 32.2. The molecule has 0 spiro atoms. The lowest BCUT2D eigenvalue weighted by Gasteiger charge is -2.21. The highest BCUT2D eigenvalue weighted by atomic mass is 19.1.